The van der Waals surface area contributed by atoms with Crippen molar-refractivity contribution in [3.8, 4) is 0 Å². The summed E-state index contributed by atoms with van der Waals surface area (Å²) < 4.78 is 0. The molecule has 0 rings (SSSR count). The van der Waals surface area contributed by atoms with Gasteiger partial charge in [0.05, 0.1) is 0 Å². The zero-order chi connectivity index (χ0) is 10.3. The normalized spacial score (nSPS) is 18.2. The van der Waals surface area contributed by atoms with Crippen molar-refractivity contribution in [2.45, 2.75) is 65.8 Å². The Morgan fingerprint density at radius 1 is 1.00 bits per heavy atom. The maximum atomic E-state index is 5.98. The molecule has 0 aliphatic carbocycles. The van der Waals surface area contributed by atoms with E-state index in [2.05, 4.69) is 27.7 Å². The first-order valence-electron chi connectivity index (χ1n) is 5.87. The minimum atomic E-state index is 0.411. The van der Waals surface area contributed by atoms with Crippen LogP contribution in [0.15, 0.2) is 0 Å². The van der Waals surface area contributed by atoms with Gasteiger partial charge in [0.15, 0.2) is 0 Å². The van der Waals surface area contributed by atoms with Gasteiger partial charge < -0.3 is 5.73 Å². The Hall–Kier alpha value is -0.0400. The lowest BCUT2D eigenvalue weighted by atomic mass is 9.90. The highest BCUT2D eigenvalue weighted by atomic mass is 14.6. The zero-order valence-corrected chi connectivity index (χ0v) is 9.84. The monoisotopic (exact) mass is 185 g/mol. The van der Waals surface area contributed by atoms with Gasteiger partial charge in [-0.2, -0.15) is 0 Å². The van der Waals surface area contributed by atoms with Crippen LogP contribution in [0, 0.1) is 11.8 Å². The Balaban J connectivity index is 3.50. The fourth-order valence-corrected chi connectivity index (χ4v) is 1.80. The van der Waals surface area contributed by atoms with E-state index < -0.39 is 0 Å². The summed E-state index contributed by atoms with van der Waals surface area (Å²) in [5.74, 6) is 1.58. The molecule has 1 nitrogen and oxygen atoms in total. The van der Waals surface area contributed by atoms with E-state index in [0.29, 0.717) is 12.0 Å². The van der Waals surface area contributed by atoms with Crippen LogP contribution in [0.2, 0.25) is 0 Å². The van der Waals surface area contributed by atoms with Crippen molar-refractivity contribution in [3.63, 3.8) is 0 Å². The maximum Gasteiger partial charge on any atom is 0.00619 e. The third kappa shape index (κ3) is 6.09. The third-order valence-corrected chi connectivity index (χ3v) is 3.10. The summed E-state index contributed by atoms with van der Waals surface area (Å²) in [6, 6.07) is 0.411. The fraction of sp³-hybridized carbons (Fsp3) is 1.00. The van der Waals surface area contributed by atoms with Crippen LogP contribution in [0.5, 0.6) is 0 Å². The quantitative estimate of drug-likeness (QED) is 0.644. The molecule has 0 bridgehead atoms. The highest BCUT2D eigenvalue weighted by Gasteiger charge is 2.11. The minimum absolute atomic E-state index is 0.411. The molecular weight excluding hydrogens is 158 g/mol. The van der Waals surface area contributed by atoms with E-state index in [1.807, 2.05) is 0 Å². The van der Waals surface area contributed by atoms with Crippen molar-refractivity contribution in [1.82, 2.24) is 0 Å². The number of rotatable bonds is 7. The lowest BCUT2D eigenvalue weighted by molar-refractivity contribution is 0.360. The van der Waals surface area contributed by atoms with E-state index in [-0.39, 0.29) is 0 Å². The van der Waals surface area contributed by atoms with Gasteiger partial charge in [0.25, 0.3) is 0 Å². The Labute approximate surface area is 84.1 Å². The van der Waals surface area contributed by atoms with Crippen LogP contribution in [0.1, 0.15) is 59.8 Å². The summed E-state index contributed by atoms with van der Waals surface area (Å²) in [7, 11) is 0. The van der Waals surface area contributed by atoms with Crippen LogP contribution in [0.3, 0.4) is 0 Å². The largest absolute Gasteiger partial charge is 0.327 e. The van der Waals surface area contributed by atoms with Crippen LogP contribution >= 0.6 is 0 Å². The Bertz CT molecular complexity index is 112. The molecule has 0 aromatic carbocycles. The zero-order valence-electron chi connectivity index (χ0n) is 9.84. The first-order chi connectivity index (χ1) is 6.11. The van der Waals surface area contributed by atoms with Crippen molar-refractivity contribution >= 4 is 0 Å². The molecular formula is C12H27N. The Morgan fingerprint density at radius 2 is 1.62 bits per heavy atom. The highest BCUT2D eigenvalue weighted by Crippen LogP contribution is 2.18. The molecule has 2 unspecified atom stereocenters. The molecule has 0 aliphatic heterocycles. The van der Waals surface area contributed by atoms with E-state index in [9.17, 15) is 0 Å². The summed E-state index contributed by atoms with van der Waals surface area (Å²) in [5, 5.41) is 0. The standard InChI is InChI=1S/C12H27N/c1-5-7-10(3)8-9-11(4)12(13)6-2/h10-12H,5-9,13H2,1-4H3/t10?,11?,12-/m1/s1. The van der Waals surface area contributed by atoms with Gasteiger partial charge in [0.2, 0.25) is 0 Å². The second-order valence-electron chi connectivity index (χ2n) is 4.52. The summed E-state index contributed by atoms with van der Waals surface area (Å²) in [6.45, 7) is 9.08. The Kier molecular flexibility index (Phi) is 7.35. The lowest BCUT2D eigenvalue weighted by Crippen LogP contribution is -2.27. The van der Waals surface area contributed by atoms with E-state index in [4.69, 9.17) is 5.73 Å². The predicted molar refractivity (Wildman–Crippen MR) is 60.7 cm³/mol. The van der Waals surface area contributed by atoms with E-state index in [1.165, 1.54) is 25.7 Å². The number of hydrogen-bond donors (Lipinski definition) is 1. The molecule has 3 atom stereocenters. The van der Waals surface area contributed by atoms with Crippen LogP contribution in [0.25, 0.3) is 0 Å². The van der Waals surface area contributed by atoms with Gasteiger partial charge in [-0.05, 0) is 24.7 Å². The second-order valence-corrected chi connectivity index (χ2v) is 4.52. The summed E-state index contributed by atoms with van der Waals surface area (Å²) >= 11 is 0. The molecule has 0 radical (unpaired) electrons. The molecule has 80 valence electrons. The van der Waals surface area contributed by atoms with E-state index in [1.54, 1.807) is 0 Å². The molecule has 0 heterocycles. The van der Waals surface area contributed by atoms with Crippen molar-refractivity contribution in [2.24, 2.45) is 17.6 Å². The van der Waals surface area contributed by atoms with Gasteiger partial charge >= 0.3 is 0 Å². The molecule has 13 heavy (non-hydrogen) atoms. The maximum absolute atomic E-state index is 5.98. The SMILES string of the molecule is CCCC(C)CCC(C)[C@H](N)CC. The minimum Gasteiger partial charge on any atom is -0.327 e. The van der Waals surface area contributed by atoms with E-state index >= 15 is 0 Å². The van der Waals surface area contributed by atoms with Gasteiger partial charge in [-0.15, -0.1) is 0 Å². The second kappa shape index (κ2) is 7.37. The van der Waals surface area contributed by atoms with Crippen molar-refractivity contribution in [3.05, 3.63) is 0 Å². The van der Waals surface area contributed by atoms with Crippen LogP contribution in [0.4, 0.5) is 0 Å². The van der Waals surface area contributed by atoms with Gasteiger partial charge in [0, 0.05) is 6.04 Å². The van der Waals surface area contributed by atoms with Crippen molar-refractivity contribution < 1.29 is 0 Å². The number of nitrogens with two attached hydrogens (primary N) is 1. The summed E-state index contributed by atoms with van der Waals surface area (Å²) in [6.07, 6.45) is 6.45. The topological polar surface area (TPSA) is 26.0 Å². The van der Waals surface area contributed by atoms with E-state index in [0.717, 1.165) is 12.3 Å². The molecule has 0 aromatic heterocycles. The van der Waals surface area contributed by atoms with Gasteiger partial charge in [-0.3, -0.25) is 0 Å². The first-order valence-corrected chi connectivity index (χ1v) is 5.87. The lowest BCUT2D eigenvalue weighted by Gasteiger charge is -2.20. The molecule has 0 saturated carbocycles. The molecule has 0 fully saturated rings. The molecule has 0 aliphatic rings. The molecule has 0 amide bonds. The molecule has 0 saturated heterocycles. The average molecular weight is 185 g/mol. The van der Waals surface area contributed by atoms with Crippen molar-refractivity contribution in [1.29, 1.82) is 0 Å². The molecule has 0 spiro atoms. The molecule has 1 heteroatoms. The van der Waals surface area contributed by atoms with Crippen LogP contribution in [-0.4, -0.2) is 6.04 Å². The third-order valence-electron chi connectivity index (χ3n) is 3.10. The predicted octanol–water partition coefficient (Wildman–Crippen LogP) is 3.58. The number of hydrogen-bond acceptors (Lipinski definition) is 1. The highest BCUT2D eigenvalue weighted by molar-refractivity contribution is 4.68. The van der Waals surface area contributed by atoms with Crippen LogP contribution in [-0.2, 0) is 0 Å². The van der Waals surface area contributed by atoms with Crippen LogP contribution < -0.4 is 5.73 Å². The summed E-state index contributed by atoms with van der Waals surface area (Å²) in [5.41, 5.74) is 5.98. The molecule has 0 aromatic rings. The average Bonchev–Trinajstić information content (AvgIpc) is 2.13. The first kappa shape index (κ1) is 13.0. The van der Waals surface area contributed by atoms with Gasteiger partial charge in [-0.1, -0.05) is 47.0 Å². The Morgan fingerprint density at radius 3 is 2.08 bits per heavy atom. The fourth-order valence-electron chi connectivity index (χ4n) is 1.80. The van der Waals surface area contributed by atoms with Gasteiger partial charge in [0.1, 0.15) is 0 Å². The van der Waals surface area contributed by atoms with Gasteiger partial charge in [-0.25, -0.2) is 0 Å². The smallest absolute Gasteiger partial charge is 0.00619 e. The van der Waals surface area contributed by atoms with Crippen molar-refractivity contribution in [2.75, 3.05) is 0 Å². The summed E-state index contributed by atoms with van der Waals surface area (Å²) in [4.78, 5) is 0. The molecule has 2 N–H and O–H groups in total.